The molecule has 1 amide bonds. The van der Waals surface area contributed by atoms with E-state index in [1.165, 1.54) is 7.05 Å². The number of fused-ring (bicyclic) bond motifs is 1. The number of H-pyrrole nitrogens is 1. The summed E-state index contributed by atoms with van der Waals surface area (Å²) in [6.07, 6.45) is -1.11. The Morgan fingerprint density at radius 2 is 2.12 bits per heavy atom. The van der Waals surface area contributed by atoms with Gasteiger partial charge in [0, 0.05) is 24.4 Å². The molecular weight excluding hydrogens is 330 g/mol. The topological polar surface area (TPSA) is 79.8 Å². The Morgan fingerprint density at radius 1 is 1.36 bits per heavy atom. The molecule has 1 aromatic carbocycles. The summed E-state index contributed by atoms with van der Waals surface area (Å²) in [5, 5.41) is 2.55. The van der Waals surface area contributed by atoms with E-state index in [2.05, 4.69) is 15.3 Å². The van der Waals surface area contributed by atoms with Crippen LogP contribution >= 0.6 is 0 Å². The van der Waals surface area contributed by atoms with Gasteiger partial charge in [0.2, 0.25) is 0 Å². The fourth-order valence-corrected chi connectivity index (χ4v) is 2.72. The number of benzene rings is 1. The molecule has 3 rings (SSSR count). The number of nitrogens with zero attached hydrogens (tertiary/aromatic N) is 2. The predicted octanol–water partition coefficient (Wildman–Crippen LogP) is 2.32. The number of pyridine rings is 1. The van der Waals surface area contributed by atoms with E-state index in [9.17, 15) is 18.4 Å². The third-order valence-electron chi connectivity index (χ3n) is 3.99. The number of alkyl halides is 2. The predicted molar refractivity (Wildman–Crippen MR) is 89.9 cm³/mol. The van der Waals surface area contributed by atoms with Crippen molar-refractivity contribution in [3.8, 4) is 11.1 Å². The Balaban J connectivity index is 2.16. The minimum absolute atomic E-state index is 0.230. The van der Waals surface area contributed by atoms with Crippen molar-refractivity contribution < 1.29 is 13.6 Å². The highest BCUT2D eigenvalue weighted by molar-refractivity contribution is 5.95. The van der Waals surface area contributed by atoms with E-state index in [-0.39, 0.29) is 11.6 Å². The maximum absolute atomic E-state index is 12.7. The van der Waals surface area contributed by atoms with Crippen molar-refractivity contribution in [1.82, 2.24) is 19.9 Å². The molecule has 0 aliphatic rings. The number of carbonyl (C=O) groups is 1. The Labute approximate surface area is 141 Å². The van der Waals surface area contributed by atoms with Gasteiger partial charge in [-0.2, -0.15) is 0 Å². The molecule has 0 fully saturated rings. The zero-order valence-electron chi connectivity index (χ0n) is 13.6. The van der Waals surface area contributed by atoms with Crippen LogP contribution in [-0.4, -0.2) is 33.9 Å². The number of aromatic amines is 1. The second-order valence-electron chi connectivity index (χ2n) is 5.63. The van der Waals surface area contributed by atoms with E-state index in [1.54, 1.807) is 30.5 Å². The third-order valence-corrected chi connectivity index (χ3v) is 3.99. The van der Waals surface area contributed by atoms with Gasteiger partial charge >= 0.3 is 5.69 Å². The fraction of sp³-hybridized carbons (Fsp3) is 0.235. The first-order chi connectivity index (χ1) is 11.9. The molecule has 0 saturated carbocycles. The summed E-state index contributed by atoms with van der Waals surface area (Å²) >= 11 is 0. The van der Waals surface area contributed by atoms with Crippen molar-refractivity contribution >= 4 is 17.1 Å². The fourth-order valence-electron chi connectivity index (χ4n) is 2.72. The second-order valence-corrected chi connectivity index (χ2v) is 5.63. The lowest BCUT2D eigenvalue weighted by Gasteiger charge is -2.09. The second kappa shape index (κ2) is 6.46. The molecule has 0 unspecified atom stereocenters. The smallest absolute Gasteiger partial charge is 0.327 e. The number of hydrogen-bond acceptors (Lipinski definition) is 3. The maximum Gasteiger partial charge on any atom is 0.327 e. The highest BCUT2D eigenvalue weighted by Gasteiger charge is 2.15. The summed E-state index contributed by atoms with van der Waals surface area (Å²) in [5.41, 5.74) is 2.66. The van der Waals surface area contributed by atoms with Gasteiger partial charge in [0.1, 0.15) is 0 Å². The highest BCUT2D eigenvalue weighted by Crippen LogP contribution is 2.26. The van der Waals surface area contributed by atoms with Crippen LogP contribution in [0.3, 0.4) is 0 Å². The van der Waals surface area contributed by atoms with E-state index in [0.717, 1.165) is 15.7 Å². The number of imidazole rings is 1. The molecule has 0 atom stereocenters. The number of nitrogens with one attached hydrogen (secondary N) is 2. The van der Waals surface area contributed by atoms with Crippen LogP contribution in [0.25, 0.3) is 22.3 Å². The van der Waals surface area contributed by atoms with Gasteiger partial charge in [0.15, 0.2) is 5.65 Å². The van der Waals surface area contributed by atoms with E-state index in [1.807, 2.05) is 6.92 Å². The molecule has 2 aromatic heterocycles. The molecule has 0 aliphatic carbocycles. The zero-order valence-corrected chi connectivity index (χ0v) is 13.6. The van der Waals surface area contributed by atoms with Crippen molar-refractivity contribution in [2.45, 2.75) is 19.9 Å². The van der Waals surface area contributed by atoms with Crippen LogP contribution in [0.4, 0.5) is 8.78 Å². The van der Waals surface area contributed by atoms with E-state index < -0.39 is 18.7 Å². The third kappa shape index (κ3) is 3.15. The van der Waals surface area contributed by atoms with Crippen molar-refractivity contribution in [2.75, 3.05) is 7.05 Å². The van der Waals surface area contributed by atoms with Gasteiger partial charge in [-0.25, -0.2) is 18.6 Å². The van der Waals surface area contributed by atoms with Gasteiger partial charge in [-0.1, -0.05) is 6.07 Å². The minimum Gasteiger partial charge on any atom is -0.355 e. The summed E-state index contributed by atoms with van der Waals surface area (Å²) in [6, 6.07) is 6.83. The number of aromatic nitrogens is 3. The summed E-state index contributed by atoms with van der Waals surface area (Å²) in [6.45, 7) is 1.16. The van der Waals surface area contributed by atoms with Crippen LogP contribution in [-0.2, 0) is 6.54 Å². The first-order valence-electron chi connectivity index (χ1n) is 7.60. The van der Waals surface area contributed by atoms with Gasteiger partial charge in [0.25, 0.3) is 12.3 Å². The number of halogens is 2. The molecular formula is C17H16F2N4O2. The van der Waals surface area contributed by atoms with Gasteiger partial charge in [-0.05, 0) is 36.2 Å². The van der Waals surface area contributed by atoms with Crippen LogP contribution in [0, 0.1) is 6.92 Å². The normalized spacial score (nSPS) is 11.2. The summed E-state index contributed by atoms with van der Waals surface area (Å²) in [7, 11) is 1.54. The molecule has 25 heavy (non-hydrogen) atoms. The summed E-state index contributed by atoms with van der Waals surface area (Å²) < 4.78 is 26.4. The summed E-state index contributed by atoms with van der Waals surface area (Å²) in [4.78, 5) is 30.3. The molecule has 0 aliphatic heterocycles. The quantitative estimate of drug-likeness (QED) is 0.761. The minimum atomic E-state index is -2.65. The van der Waals surface area contributed by atoms with Crippen LogP contribution in [0.5, 0.6) is 0 Å². The summed E-state index contributed by atoms with van der Waals surface area (Å²) in [5.74, 6) is -0.230. The number of hydrogen-bond donors (Lipinski definition) is 2. The first kappa shape index (κ1) is 16.8. The average Bonchev–Trinajstić information content (AvgIpc) is 2.89. The van der Waals surface area contributed by atoms with Crippen molar-refractivity contribution in [3.63, 3.8) is 0 Å². The molecule has 2 heterocycles. The largest absolute Gasteiger partial charge is 0.355 e. The molecule has 6 nitrogen and oxygen atoms in total. The van der Waals surface area contributed by atoms with Gasteiger partial charge < -0.3 is 5.32 Å². The van der Waals surface area contributed by atoms with Gasteiger partial charge in [-0.3, -0.25) is 14.3 Å². The lowest BCUT2D eigenvalue weighted by molar-refractivity contribution is 0.0963. The molecule has 2 N–H and O–H groups in total. The Morgan fingerprint density at radius 3 is 2.80 bits per heavy atom. The van der Waals surface area contributed by atoms with Crippen LogP contribution in [0.2, 0.25) is 0 Å². The van der Waals surface area contributed by atoms with Gasteiger partial charge in [-0.15, -0.1) is 0 Å². The number of carbonyl (C=O) groups excluding carboxylic acids is 1. The van der Waals surface area contributed by atoms with E-state index in [0.29, 0.717) is 16.6 Å². The maximum atomic E-state index is 12.7. The zero-order chi connectivity index (χ0) is 18.1. The number of rotatable bonds is 4. The van der Waals surface area contributed by atoms with Crippen molar-refractivity contribution in [1.29, 1.82) is 0 Å². The van der Waals surface area contributed by atoms with Crippen molar-refractivity contribution in [3.05, 3.63) is 52.1 Å². The Kier molecular flexibility index (Phi) is 4.35. The Bertz CT molecular complexity index is 1010. The highest BCUT2D eigenvalue weighted by atomic mass is 19.3. The molecule has 0 bridgehead atoms. The standard InChI is InChI=1S/C17H16F2N4O2/c1-9-3-4-10(16(24)20-2)5-12(9)11-6-13-15(21-7-11)22-17(25)23(13)8-14(18)19/h3-7,14H,8H2,1-2H3,(H,20,24)(H,21,22,25). The van der Waals surface area contributed by atoms with Crippen LogP contribution < -0.4 is 11.0 Å². The lowest BCUT2D eigenvalue weighted by Crippen LogP contribution is -2.20. The molecule has 0 radical (unpaired) electrons. The number of aryl methyl sites for hydroxylation is 1. The Hall–Kier alpha value is -3.03. The lowest BCUT2D eigenvalue weighted by atomic mass is 9.99. The SMILES string of the molecule is CNC(=O)c1ccc(C)c(-c2cnc3[nH]c(=O)n(CC(F)F)c3c2)c1. The van der Waals surface area contributed by atoms with Crippen LogP contribution in [0.1, 0.15) is 15.9 Å². The number of amides is 1. The first-order valence-corrected chi connectivity index (χ1v) is 7.60. The van der Waals surface area contributed by atoms with Crippen molar-refractivity contribution in [2.24, 2.45) is 0 Å². The molecule has 0 spiro atoms. The monoisotopic (exact) mass is 346 g/mol. The van der Waals surface area contributed by atoms with E-state index in [4.69, 9.17) is 0 Å². The average molecular weight is 346 g/mol. The van der Waals surface area contributed by atoms with Crippen LogP contribution in [0.15, 0.2) is 35.3 Å². The van der Waals surface area contributed by atoms with E-state index >= 15 is 0 Å². The van der Waals surface area contributed by atoms with Gasteiger partial charge in [0.05, 0.1) is 12.1 Å². The molecule has 130 valence electrons. The molecule has 8 heteroatoms. The molecule has 0 saturated heterocycles. The molecule has 3 aromatic rings.